The van der Waals surface area contributed by atoms with Crippen LogP contribution in [0.2, 0.25) is 0 Å². The van der Waals surface area contributed by atoms with Crippen molar-refractivity contribution in [1.82, 2.24) is 9.55 Å². The van der Waals surface area contributed by atoms with Crippen LogP contribution in [0.25, 0.3) is 0 Å². The maximum Gasteiger partial charge on any atom is 0.351 e. The molecule has 2 aliphatic rings. The molecule has 8 nitrogen and oxygen atoms in total. The molecule has 0 bridgehead atoms. The SMILES string of the molecule is O=c1nc(N2CCCC2)ccn1[C@@H]1O[C@@H](CO)[C@@H](O)[C@H]1O. The van der Waals surface area contributed by atoms with Gasteiger partial charge in [0.25, 0.3) is 0 Å². The third-order valence-electron chi connectivity index (χ3n) is 4.04. The summed E-state index contributed by atoms with van der Waals surface area (Å²) >= 11 is 0. The summed E-state index contributed by atoms with van der Waals surface area (Å²) in [6.45, 7) is 1.33. The molecule has 0 aliphatic carbocycles. The Balaban J connectivity index is 1.84. The minimum atomic E-state index is -1.28. The standard InChI is InChI=1S/C13H19N3O5/c17-7-8-10(18)11(19)12(21-8)16-6-3-9(14-13(16)20)15-4-1-2-5-15/h3,6,8,10-12,17-19H,1-2,4-5,7H2/t8-,10+,11+,12+/m0/s1. The number of nitrogens with zero attached hydrogens (tertiary/aromatic N) is 3. The topological polar surface area (TPSA) is 108 Å². The molecule has 8 heteroatoms. The van der Waals surface area contributed by atoms with Crippen molar-refractivity contribution < 1.29 is 20.1 Å². The molecule has 116 valence electrons. The van der Waals surface area contributed by atoms with E-state index in [0.717, 1.165) is 30.5 Å². The molecular formula is C13H19N3O5. The Hall–Kier alpha value is -1.48. The maximum atomic E-state index is 12.1. The van der Waals surface area contributed by atoms with Gasteiger partial charge in [-0.2, -0.15) is 4.98 Å². The van der Waals surface area contributed by atoms with Crippen molar-refractivity contribution >= 4 is 5.82 Å². The monoisotopic (exact) mass is 297 g/mol. The van der Waals surface area contributed by atoms with E-state index >= 15 is 0 Å². The van der Waals surface area contributed by atoms with Crippen LogP contribution in [0.4, 0.5) is 5.82 Å². The molecule has 2 aliphatic heterocycles. The van der Waals surface area contributed by atoms with Crippen LogP contribution < -0.4 is 10.6 Å². The third kappa shape index (κ3) is 2.55. The number of aliphatic hydroxyl groups is 3. The van der Waals surface area contributed by atoms with Gasteiger partial charge in [-0.15, -0.1) is 0 Å². The first-order valence-electron chi connectivity index (χ1n) is 7.08. The molecule has 1 aromatic heterocycles. The Morgan fingerprint density at radius 3 is 2.57 bits per heavy atom. The first-order valence-corrected chi connectivity index (χ1v) is 7.08. The second-order valence-electron chi connectivity index (χ2n) is 5.40. The number of rotatable bonds is 3. The van der Waals surface area contributed by atoms with Gasteiger partial charge in [0.15, 0.2) is 6.23 Å². The first kappa shape index (κ1) is 14.5. The summed E-state index contributed by atoms with van der Waals surface area (Å²) in [6, 6.07) is 1.70. The molecule has 0 radical (unpaired) electrons. The van der Waals surface area contributed by atoms with Crippen molar-refractivity contribution in [2.24, 2.45) is 0 Å². The van der Waals surface area contributed by atoms with Gasteiger partial charge in [-0.1, -0.05) is 0 Å². The van der Waals surface area contributed by atoms with E-state index < -0.39 is 36.8 Å². The van der Waals surface area contributed by atoms with E-state index in [9.17, 15) is 15.0 Å². The Morgan fingerprint density at radius 1 is 1.29 bits per heavy atom. The Bertz CT molecular complexity index is 557. The van der Waals surface area contributed by atoms with Gasteiger partial charge in [-0.3, -0.25) is 4.57 Å². The van der Waals surface area contributed by atoms with Crippen LogP contribution in [0.5, 0.6) is 0 Å². The van der Waals surface area contributed by atoms with E-state index in [1.54, 1.807) is 6.07 Å². The summed E-state index contributed by atoms with van der Waals surface area (Å²) in [5, 5.41) is 28.7. The summed E-state index contributed by atoms with van der Waals surface area (Å²) in [7, 11) is 0. The summed E-state index contributed by atoms with van der Waals surface area (Å²) in [5.41, 5.74) is -0.547. The normalized spacial score (nSPS) is 32.8. The van der Waals surface area contributed by atoms with Gasteiger partial charge in [-0.05, 0) is 18.9 Å². The molecule has 21 heavy (non-hydrogen) atoms. The van der Waals surface area contributed by atoms with Gasteiger partial charge in [0.2, 0.25) is 0 Å². The van der Waals surface area contributed by atoms with Crippen LogP contribution in [-0.2, 0) is 4.74 Å². The van der Waals surface area contributed by atoms with E-state index in [2.05, 4.69) is 4.98 Å². The molecule has 0 amide bonds. The van der Waals surface area contributed by atoms with E-state index in [1.165, 1.54) is 6.20 Å². The van der Waals surface area contributed by atoms with Crippen LogP contribution in [0.3, 0.4) is 0 Å². The van der Waals surface area contributed by atoms with Gasteiger partial charge >= 0.3 is 5.69 Å². The zero-order valence-electron chi connectivity index (χ0n) is 11.5. The van der Waals surface area contributed by atoms with Gasteiger partial charge in [0.1, 0.15) is 24.1 Å². The maximum absolute atomic E-state index is 12.1. The fourth-order valence-electron chi connectivity index (χ4n) is 2.83. The van der Waals surface area contributed by atoms with Crippen LogP contribution in [-0.4, -0.2) is 62.9 Å². The molecule has 1 aromatic rings. The Kier molecular flexibility index (Phi) is 3.94. The minimum absolute atomic E-state index is 0.428. The summed E-state index contributed by atoms with van der Waals surface area (Å²) in [4.78, 5) is 18.2. The van der Waals surface area contributed by atoms with Crippen molar-refractivity contribution in [2.75, 3.05) is 24.6 Å². The first-order chi connectivity index (χ1) is 10.1. The fourth-order valence-corrected chi connectivity index (χ4v) is 2.83. The summed E-state index contributed by atoms with van der Waals surface area (Å²) in [5.74, 6) is 0.612. The van der Waals surface area contributed by atoms with Gasteiger partial charge in [-0.25, -0.2) is 4.79 Å². The highest BCUT2D eigenvalue weighted by atomic mass is 16.6. The van der Waals surface area contributed by atoms with Crippen molar-refractivity contribution in [2.45, 2.75) is 37.4 Å². The van der Waals surface area contributed by atoms with E-state index in [4.69, 9.17) is 9.84 Å². The van der Waals surface area contributed by atoms with Crippen LogP contribution in [0.15, 0.2) is 17.1 Å². The largest absolute Gasteiger partial charge is 0.394 e. The highest BCUT2D eigenvalue weighted by Crippen LogP contribution is 2.28. The van der Waals surface area contributed by atoms with E-state index in [0.29, 0.717) is 5.82 Å². The highest BCUT2D eigenvalue weighted by Gasteiger charge is 2.43. The number of aromatic nitrogens is 2. The third-order valence-corrected chi connectivity index (χ3v) is 4.04. The lowest BCUT2D eigenvalue weighted by molar-refractivity contribution is -0.0549. The zero-order valence-corrected chi connectivity index (χ0v) is 11.5. The van der Waals surface area contributed by atoms with Gasteiger partial charge in [0, 0.05) is 19.3 Å². The smallest absolute Gasteiger partial charge is 0.351 e. The predicted molar refractivity (Wildman–Crippen MR) is 73.0 cm³/mol. The molecule has 4 atom stereocenters. The van der Waals surface area contributed by atoms with Gasteiger partial charge < -0.3 is 25.0 Å². The molecule has 0 unspecified atom stereocenters. The van der Waals surface area contributed by atoms with Crippen molar-refractivity contribution in [3.05, 3.63) is 22.7 Å². The molecule has 0 saturated carbocycles. The lowest BCUT2D eigenvalue weighted by Crippen LogP contribution is -2.36. The van der Waals surface area contributed by atoms with Crippen LogP contribution >= 0.6 is 0 Å². The second-order valence-corrected chi connectivity index (χ2v) is 5.40. The van der Waals surface area contributed by atoms with Crippen molar-refractivity contribution in [3.63, 3.8) is 0 Å². The minimum Gasteiger partial charge on any atom is -0.394 e. The quantitative estimate of drug-likeness (QED) is 0.620. The fraction of sp³-hybridized carbons (Fsp3) is 0.692. The van der Waals surface area contributed by atoms with Crippen LogP contribution in [0.1, 0.15) is 19.1 Å². The van der Waals surface area contributed by atoms with E-state index in [1.807, 2.05) is 4.90 Å². The molecule has 2 fully saturated rings. The summed E-state index contributed by atoms with van der Waals surface area (Å²) in [6.07, 6.45) is -0.785. The van der Waals surface area contributed by atoms with E-state index in [-0.39, 0.29) is 0 Å². The molecule has 0 spiro atoms. The molecule has 0 aromatic carbocycles. The Morgan fingerprint density at radius 2 is 2.00 bits per heavy atom. The summed E-state index contributed by atoms with van der Waals surface area (Å²) < 4.78 is 6.47. The van der Waals surface area contributed by atoms with Crippen molar-refractivity contribution in [1.29, 1.82) is 0 Å². The number of ether oxygens (including phenoxy) is 1. The molecule has 2 saturated heterocycles. The predicted octanol–water partition coefficient (Wildman–Crippen LogP) is -1.54. The lowest BCUT2D eigenvalue weighted by Gasteiger charge is -2.20. The average molecular weight is 297 g/mol. The second kappa shape index (κ2) is 5.72. The average Bonchev–Trinajstić information content (AvgIpc) is 3.10. The molecule has 3 N–H and O–H groups in total. The molecular weight excluding hydrogens is 278 g/mol. The lowest BCUT2D eigenvalue weighted by atomic mass is 10.1. The number of hydrogen-bond donors (Lipinski definition) is 3. The van der Waals surface area contributed by atoms with Gasteiger partial charge in [0.05, 0.1) is 6.61 Å². The molecule has 3 rings (SSSR count). The van der Waals surface area contributed by atoms with Crippen molar-refractivity contribution in [3.8, 4) is 0 Å². The zero-order chi connectivity index (χ0) is 15.0. The molecule has 3 heterocycles. The highest BCUT2D eigenvalue weighted by molar-refractivity contribution is 5.37. The van der Waals surface area contributed by atoms with Crippen LogP contribution in [0, 0.1) is 0 Å². The Labute approximate surface area is 121 Å². The number of aliphatic hydroxyl groups excluding tert-OH is 3. The number of anilines is 1. The number of hydrogen-bond acceptors (Lipinski definition) is 7.